The molecule has 1 N–H and O–H groups in total. The molecule has 0 aliphatic carbocycles. The number of hydrogen-bond donors (Lipinski definition) is 1. The highest BCUT2D eigenvalue weighted by Crippen LogP contribution is 2.33. The summed E-state index contributed by atoms with van der Waals surface area (Å²) in [6.07, 6.45) is 4.21. The van der Waals surface area contributed by atoms with Crippen LogP contribution >= 0.6 is 15.9 Å². The number of nitrogens with one attached hydrogen (secondary N) is 1. The van der Waals surface area contributed by atoms with Crippen LogP contribution in [0.15, 0.2) is 10.7 Å². The molecule has 1 aromatic heterocycles. The van der Waals surface area contributed by atoms with Crippen molar-refractivity contribution in [3.63, 3.8) is 0 Å². The molecule has 0 bridgehead atoms. The van der Waals surface area contributed by atoms with E-state index in [0.29, 0.717) is 6.04 Å². The average molecular weight is 271 g/mol. The molecule has 1 unspecified atom stereocenters. The van der Waals surface area contributed by atoms with Gasteiger partial charge in [0, 0.05) is 17.8 Å². The second-order valence-corrected chi connectivity index (χ2v) is 4.65. The van der Waals surface area contributed by atoms with E-state index in [2.05, 4.69) is 33.2 Å². The van der Waals surface area contributed by atoms with Crippen LogP contribution in [-0.2, 0) is 0 Å². The number of nitrogens with zero attached hydrogens (tertiary/aromatic N) is 1. The van der Waals surface area contributed by atoms with Crippen LogP contribution < -0.4 is 10.1 Å². The van der Waals surface area contributed by atoms with Gasteiger partial charge in [0.1, 0.15) is 5.75 Å². The molecule has 0 spiro atoms. The van der Waals surface area contributed by atoms with Crippen LogP contribution in [0.25, 0.3) is 0 Å². The van der Waals surface area contributed by atoms with E-state index in [1.807, 2.05) is 6.20 Å². The van der Waals surface area contributed by atoms with E-state index in [9.17, 15) is 0 Å². The third kappa shape index (κ3) is 2.01. The molecule has 0 radical (unpaired) electrons. The van der Waals surface area contributed by atoms with Gasteiger partial charge in [-0.2, -0.15) is 0 Å². The Hall–Kier alpha value is -0.610. The van der Waals surface area contributed by atoms with Gasteiger partial charge in [0.05, 0.1) is 17.3 Å². The molecule has 0 aromatic carbocycles. The Morgan fingerprint density at radius 1 is 1.60 bits per heavy atom. The molecule has 2 rings (SSSR count). The highest BCUT2D eigenvalue weighted by molar-refractivity contribution is 9.10. The molecule has 0 amide bonds. The molecular weight excluding hydrogens is 256 g/mol. The van der Waals surface area contributed by atoms with Crippen molar-refractivity contribution in [2.45, 2.75) is 25.8 Å². The third-order valence-electron chi connectivity index (χ3n) is 2.85. The van der Waals surface area contributed by atoms with Crippen molar-refractivity contribution in [2.24, 2.45) is 0 Å². The molecule has 0 saturated carbocycles. The summed E-state index contributed by atoms with van der Waals surface area (Å²) in [5.74, 6) is 0.897. The minimum Gasteiger partial charge on any atom is -0.495 e. The molecule has 1 aromatic rings. The molecule has 82 valence electrons. The van der Waals surface area contributed by atoms with Gasteiger partial charge in [-0.05, 0) is 42.2 Å². The molecule has 1 aliphatic heterocycles. The predicted octanol–water partition coefficient (Wildman–Crippen LogP) is 2.59. The van der Waals surface area contributed by atoms with Crippen LogP contribution in [0.2, 0.25) is 0 Å². The number of rotatable bonds is 2. The normalized spacial score (nSPS) is 20.6. The Morgan fingerprint density at radius 2 is 2.40 bits per heavy atom. The number of halogens is 1. The van der Waals surface area contributed by atoms with Crippen molar-refractivity contribution in [1.82, 2.24) is 10.3 Å². The van der Waals surface area contributed by atoms with Crippen molar-refractivity contribution in [2.75, 3.05) is 13.7 Å². The van der Waals surface area contributed by atoms with E-state index in [1.54, 1.807) is 7.11 Å². The second kappa shape index (κ2) is 4.49. The lowest BCUT2D eigenvalue weighted by molar-refractivity contribution is 0.406. The van der Waals surface area contributed by atoms with Gasteiger partial charge >= 0.3 is 0 Å². The number of methoxy groups -OCH3 is 1. The first-order valence-electron chi connectivity index (χ1n) is 5.16. The zero-order chi connectivity index (χ0) is 10.8. The van der Waals surface area contributed by atoms with Crippen molar-refractivity contribution in [3.05, 3.63) is 21.9 Å². The summed E-state index contributed by atoms with van der Waals surface area (Å²) in [5, 5.41) is 3.45. The Balaban J connectivity index is 2.39. The SMILES string of the molecule is COc1c(Br)cnc(C2CCCN2)c1C. The summed E-state index contributed by atoms with van der Waals surface area (Å²) in [6, 6.07) is 0.395. The van der Waals surface area contributed by atoms with E-state index >= 15 is 0 Å². The number of ether oxygens (including phenoxy) is 1. The topological polar surface area (TPSA) is 34.1 Å². The molecule has 2 heterocycles. The summed E-state index contributed by atoms with van der Waals surface area (Å²) >= 11 is 3.44. The third-order valence-corrected chi connectivity index (χ3v) is 3.42. The van der Waals surface area contributed by atoms with Crippen molar-refractivity contribution < 1.29 is 4.74 Å². The fourth-order valence-corrected chi connectivity index (χ4v) is 2.66. The zero-order valence-corrected chi connectivity index (χ0v) is 10.6. The maximum atomic E-state index is 5.36. The fourth-order valence-electron chi connectivity index (χ4n) is 2.10. The summed E-state index contributed by atoms with van der Waals surface area (Å²) in [4.78, 5) is 4.48. The summed E-state index contributed by atoms with van der Waals surface area (Å²) in [5.41, 5.74) is 2.25. The quantitative estimate of drug-likeness (QED) is 0.897. The highest BCUT2D eigenvalue weighted by Gasteiger charge is 2.21. The zero-order valence-electron chi connectivity index (χ0n) is 9.01. The maximum Gasteiger partial charge on any atom is 0.139 e. The Kier molecular flexibility index (Phi) is 3.26. The first-order chi connectivity index (χ1) is 7.24. The first kappa shape index (κ1) is 10.9. The minimum atomic E-state index is 0.395. The van der Waals surface area contributed by atoms with Crippen LogP contribution in [0.5, 0.6) is 5.75 Å². The van der Waals surface area contributed by atoms with Crippen molar-refractivity contribution in [3.8, 4) is 5.75 Å². The van der Waals surface area contributed by atoms with E-state index in [1.165, 1.54) is 12.8 Å². The number of aromatic nitrogens is 1. The van der Waals surface area contributed by atoms with Gasteiger partial charge in [0.25, 0.3) is 0 Å². The van der Waals surface area contributed by atoms with Gasteiger partial charge in [-0.3, -0.25) is 4.98 Å². The molecule has 1 atom stereocenters. The molecule has 1 saturated heterocycles. The smallest absolute Gasteiger partial charge is 0.139 e. The molecule has 3 nitrogen and oxygen atoms in total. The van der Waals surface area contributed by atoms with Gasteiger partial charge in [-0.15, -0.1) is 0 Å². The van der Waals surface area contributed by atoms with Crippen LogP contribution in [0.4, 0.5) is 0 Å². The van der Waals surface area contributed by atoms with Gasteiger partial charge in [0.15, 0.2) is 0 Å². The lowest BCUT2D eigenvalue weighted by Gasteiger charge is -2.15. The predicted molar refractivity (Wildman–Crippen MR) is 63.2 cm³/mol. The largest absolute Gasteiger partial charge is 0.495 e. The fraction of sp³-hybridized carbons (Fsp3) is 0.545. The highest BCUT2D eigenvalue weighted by atomic mass is 79.9. The second-order valence-electron chi connectivity index (χ2n) is 3.80. The molecule has 1 fully saturated rings. The number of pyridine rings is 1. The van der Waals surface area contributed by atoms with Gasteiger partial charge < -0.3 is 10.1 Å². The Morgan fingerprint density at radius 3 is 3.00 bits per heavy atom. The molecule has 1 aliphatic rings. The standard InChI is InChI=1S/C11H15BrN2O/c1-7-10(9-4-3-5-13-9)14-6-8(12)11(7)15-2/h6,9,13H,3-5H2,1-2H3. The Labute approximate surface area is 98.4 Å². The Bertz CT molecular complexity index is 362. The van der Waals surface area contributed by atoms with E-state index in [-0.39, 0.29) is 0 Å². The van der Waals surface area contributed by atoms with E-state index in [4.69, 9.17) is 4.74 Å². The summed E-state index contributed by atoms with van der Waals surface area (Å²) < 4.78 is 6.28. The lowest BCUT2D eigenvalue weighted by atomic mass is 10.1. The molecular formula is C11H15BrN2O. The maximum absolute atomic E-state index is 5.36. The molecule has 15 heavy (non-hydrogen) atoms. The van der Waals surface area contributed by atoms with E-state index < -0.39 is 0 Å². The van der Waals surface area contributed by atoms with Gasteiger partial charge in [0.2, 0.25) is 0 Å². The van der Waals surface area contributed by atoms with E-state index in [0.717, 1.165) is 28.0 Å². The average Bonchev–Trinajstić information content (AvgIpc) is 2.71. The number of hydrogen-bond acceptors (Lipinski definition) is 3. The van der Waals surface area contributed by atoms with Crippen molar-refractivity contribution >= 4 is 15.9 Å². The van der Waals surface area contributed by atoms with Crippen LogP contribution in [0, 0.1) is 6.92 Å². The van der Waals surface area contributed by atoms with Crippen LogP contribution in [-0.4, -0.2) is 18.6 Å². The van der Waals surface area contributed by atoms with Crippen LogP contribution in [0.1, 0.15) is 30.1 Å². The van der Waals surface area contributed by atoms with Crippen LogP contribution in [0.3, 0.4) is 0 Å². The monoisotopic (exact) mass is 270 g/mol. The lowest BCUT2D eigenvalue weighted by Crippen LogP contribution is -2.16. The molecule has 4 heteroatoms. The first-order valence-corrected chi connectivity index (χ1v) is 5.95. The van der Waals surface area contributed by atoms with Gasteiger partial charge in [-0.1, -0.05) is 0 Å². The summed E-state index contributed by atoms with van der Waals surface area (Å²) in [6.45, 7) is 3.15. The summed E-state index contributed by atoms with van der Waals surface area (Å²) in [7, 11) is 1.69. The van der Waals surface area contributed by atoms with Gasteiger partial charge in [-0.25, -0.2) is 0 Å². The minimum absolute atomic E-state index is 0.395. The van der Waals surface area contributed by atoms with Crippen molar-refractivity contribution in [1.29, 1.82) is 0 Å².